The number of nitrogens with one attached hydrogen (secondary N) is 1. The maximum Gasteiger partial charge on any atom is 0.328 e. The van der Waals surface area contributed by atoms with Crippen LogP contribution in [0.5, 0.6) is 0 Å². The molecular formula is C16H14N4O3. The molecule has 7 nitrogen and oxygen atoms in total. The number of aromatic amines is 1. The van der Waals surface area contributed by atoms with E-state index in [4.69, 9.17) is 5.26 Å². The Morgan fingerprint density at radius 1 is 1.30 bits per heavy atom. The highest BCUT2D eigenvalue weighted by Crippen LogP contribution is 2.23. The molecule has 1 saturated heterocycles. The van der Waals surface area contributed by atoms with E-state index in [0.717, 1.165) is 5.56 Å². The normalized spacial score (nSPS) is 14.2. The summed E-state index contributed by atoms with van der Waals surface area (Å²) in [5, 5.41) is 8.88. The summed E-state index contributed by atoms with van der Waals surface area (Å²) in [7, 11) is 0. The van der Waals surface area contributed by atoms with Crippen molar-refractivity contribution in [2.75, 3.05) is 13.1 Å². The van der Waals surface area contributed by atoms with Crippen molar-refractivity contribution in [1.82, 2.24) is 14.5 Å². The Morgan fingerprint density at radius 2 is 2.00 bits per heavy atom. The molecule has 0 atom stereocenters. The minimum atomic E-state index is -0.694. The van der Waals surface area contributed by atoms with Gasteiger partial charge in [0.15, 0.2) is 0 Å². The first-order valence-corrected chi connectivity index (χ1v) is 7.11. The highest BCUT2D eigenvalue weighted by molar-refractivity contribution is 5.96. The van der Waals surface area contributed by atoms with Crippen LogP contribution >= 0.6 is 0 Å². The van der Waals surface area contributed by atoms with Gasteiger partial charge >= 0.3 is 5.69 Å². The van der Waals surface area contributed by atoms with Gasteiger partial charge in [0.1, 0.15) is 11.6 Å². The molecule has 23 heavy (non-hydrogen) atoms. The van der Waals surface area contributed by atoms with Crippen molar-refractivity contribution in [2.45, 2.75) is 13.0 Å². The van der Waals surface area contributed by atoms with Crippen molar-refractivity contribution in [1.29, 1.82) is 5.26 Å². The maximum absolute atomic E-state index is 12.4. The molecule has 0 radical (unpaired) electrons. The van der Waals surface area contributed by atoms with Crippen molar-refractivity contribution in [3.05, 3.63) is 68.0 Å². The van der Waals surface area contributed by atoms with E-state index in [9.17, 15) is 14.4 Å². The summed E-state index contributed by atoms with van der Waals surface area (Å²) in [5.74, 6) is -0.0858. The number of amides is 1. The molecule has 0 bridgehead atoms. The zero-order valence-electron chi connectivity index (χ0n) is 12.4. The molecule has 2 aromatic rings. The van der Waals surface area contributed by atoms with Crippen LogP contribution in [0.25, 0.3) is 0 Å². The summed E-state index contributed by atoms with van der Waals surface area (Å²) in [6.07, 6.45) is 1.25. The van der Waals surface area contributed by atoms with Gasteiger partial charge < -0.3 is 4.90 Å². The van der Waals surface area contributed by atoms with Crippen molar-refractivity contribution in [3.63, 3.8) is 0 Å². The minimum absolute atomic E-state index is 0.0858. The lowest BCUT2D eigenvalue weighted by molar-refractivity contribution is 0.0512. The monoisotopic (exact) mass is 310 g/mol. The van der Waals surface area contributed by atoms with Gasteiger partial charge in [-0.3, -0.25) is 19.1 Å². The smallest absolute Gasteiger partial charge is 0.328 e. The number of rotatable bonds is 2. The third-order valence-electron chi connectivity index (χ3n) is 4.01. The molecule has 0 aliphatic carbocycles. The second-order valence-electron chi connectivity index (χ2n) is 5.50. The molecule has 0 spiro atoms. The van der Waals surface area contributed by atoms with Gasteiger partial charge in [-0.15, -0.1) is 0 Å². The molecule has 3 rings (SSSR count). The second kappa shape index (κ2) is 5.57. The molecule has 1 fully saturated rings. The predicted molar refractivity (Wildman–Crippen MR) is 82.2 cm³/mol. The molecule has 116 valence electrons. The van der Waals surface area contributed by atoms with Crippen LogP contribution in [0.3, 0.4) is 0 Å². The van der Waals surface area contributed by atoms with Gasteiger partial charge in [0.25, 0.3) is 11.5 Å². The molecule has 2 heterocycles. The Balaban J connectivity index is 1.79. The van der Waals surface area contributed by atoms with Crippen LogP contribution in [0.15, 0.2) is 40.1 Å². The maximum atomic E-state index is 12.4. The zero-order valence-corrected chi connectivity index (χ0v) is 12.4. The number of nitrogens with zero attached hydrogens (tertiary/aromatic N) is 3. The number of aromatic nitrogens is 2. The number of hydrogen-bond donors (Lipinski definition) is 1. The summed E-state index contributed by atoms with van der Waals surface area (Å²) in [4.78, 5) is 39.4. The average molecular weight is 310 g/mol. The number of hydrogen-bond acceptors (Lipinski definition) is 4. The largest absolute Gasteiger partial charge is 0.334 e. The predicted octanol–water partition coefficient (Wildman–Crippen LogP) is 0.414. The van der Waals surface area contributed by atoms with E-state index in [1.165, 1.54) is 10.8 Å². The van der Waals surface area contributed by atoms with Gasteiger partial charge in [0.05, 0.1) is 6.04 Å². The molecule has 0 saturated carbocycles. The van der Waals surface area contributed by atoms with E-state index >= 15 is 0 Å². The first-order chi connectivity index (χ1) is 11.0. The molecule has 1 aromatic heterocycles. The molecule has 1 aliphatic rings. The Bertz CT molecular complexity index is 929. The summed E-state index contributed by atoms with van der Waals surface area (Å²) >= 11 is 0. The summed E-state index contributed by atoms with van der Waals surface area (Å²) < 4.78 is 1.31. The average Bonchev–Trinajstić information content (AvgIpc) is 2.48. The van der Waals surface area contributed by atoms with Gasteiger partial charge in [-0.2, -0.15) is 5.26 Å². The SMILES string of the molecule is Cc1ccccc1C(=O)N1CC(n2cc(C#N)c(=O)[nH]c2=O)C1. The Hall–Kier alpha value is -3.14. The Morgan fingerprint density at radius 3 is 2.65 bits per heavy atom. The lowest BCUT2D eigenvalue weighted by Gasteiger charge is -2.40. The number of carbonyl (C=O) groups is 1. The van der Waals surface area contributed by atoms with Crippen molar-refractivity contribution in [3.8, 4) is 6.07 Å². The molecule has 1 N–H and O–H groups in total. The fraction of sp³-hybridized carbons (Fsp3) is 0.250. The summed E-state index contributed by atoms with van der Waals surface area (Å²) in [5.41, 5.74) is 0.155. The van der Waals surface area contributed by atoms with Crippen LogP contribution in [0.4, 0.5) is 0 Å². The second-order valence-corrected chi connectivity index (χ2v) is 5.50. The zero-order chi connectivity index (χ0) is 16.6. The van der Waals surface area contributed by atoms with Gasteiger partial charge in [-0.05, 0) is 18.6 Å². The fourth-order valence-electron chi connectivity index (χ4n) is 2.62. The molecule has 0 unspecified atom stereocenters. The lowest BCUT2D eigenvalue weighted by atomic mass is 10.0. The van der Waals surface area contributed by atoms with Crippen molar-refractivity contribution < 1.29 is 4.79 Å². The molecule has 1 amide bonds. The third kappa shape index (κ3) is 2.55. The van der Waals surface area contributed by atoms with Gasteiger partial charge in [0.2, 0.25) is 0 Å². The van der Waals surface area contributed by atoms with E-state index in [1.54, 1.807) is 17.0 Å². The van der Waals surface area contributed by atoms with Crippen LogP contribution in [-0.4, -0.2) is 33.4 Å². The number of likely N-dealkylation sites (tertiary alicyclic amines) is 1. The molecule has 1 aromatic carbocycles. The first-order valence-electron chi connectivity index (χ1n) is 7.11. The number of nitriles is 1. The van der Waals surface area contributed by atoms with E-state index in [1.807, 2.05) is 25.1 Å². The third-order valence-corrected chi connectivity index (χ3v) is 4.01. The van der Waals surface area contributed by atoms with Crippen molar-refractivity contribution in [2.24, 2.45) is 0 Å². The Kier molecular flexibility index (Phi) is 3.58. The quantitative estimate of drug-likeness (QED) is 0.868. The minimum Gasteiger partial charge on any atom is -0.334 e. The standard InChI is InChI=1S/C16H14N4O3/c1-10-4-2-3-5-13(10)15(22)19-8-12(9-19)20-7-11(6-17)14(21)18-16(20)23/h2-5,7,12H,8-9H2,1H3,(H,18,21,23). The Labute approximate surface area is 131 Å². The van der Waals surface area contributed by atoms with E-state index in [0.29, 0.717) is 18.7 Å². The highest BCUT2D eigenvalue weighted by atomic mass is 16.2. The first kappa shape index (κ1) is 14.8. The summed E-state index contributed by atoms with van der Waals surface area (Å²) in [6, 6.07) is 8.83. The fourth-order valence-corrected chi connectivity index (χ4v) is 2.62. The van der Waals surface area contributed by atoms with Crippen molar-refractivity contribution >= 4 is 5.91 Å². The summed E-state index contributed by atoms with van der Waals surface area (Å²) in [6.45, 7) is 2.60. The van der Waals surface area contributed by atoms with Crippen LogP contribution in [0, 0.1) is 18.3 Å². The van der Waals surface area contributed by atoms with E-state index in [-0.39, 0.29) is 17.5 Å². The van der Waals surface area contributed by atoms with E-state index in [2.05, 4.69) is 4.98 Å². The molecule has 1 aliphatic heterocycles. The number of benzene rings is 1. The molecular weight excluding hydrogens is 296 g/mol. The van der Waals surface area contributed by atoms with E-state index < -0.39 is 11.2 Å². The number of H-pyrrole nitrogens is 1. The van der Waals surface area contributed by atoms with Crippen LogP contribution in [0.2, 0.25) is 0 Å². The molecule has 7 heteroatoms. The highest BCUT2D eigenvalue weighted by Gasteiger charge is 2.33. The van der Waals surface area contributed by atoms with Gasteiger partial charge in [-0.1, -0.05) is 18.2 Å². The van der Waals surface area contributed by atoms with Crippen LogP contribution < -0.4 is 11.2 Å². The number of aryl methyl sites for hydroxylation is 1. The van der Waals surface area contributed by atoms with Gasteiger partial charge in [-0.25, -0.2) is 4.79 Å². The van der Waals surface area contributed by atoms with Crippen LogP contribution in [0.1, 0.15) is 27.5 Å². The lowest BCUT2D eigenvalue weighted by Crippen LogP contribution is -2.53. The van der Waals surface area contributed by atoms with Gasteiger partial charge in [0, 0.05) is 24.8 Å². The topological polar surface area (TPSA) is 99.0 Å². The van der Waals surface area contributed by atoms with Crippen LogP contribution in [-0.2, 0) is 0 Å². The number of carbonyl (C=O) groups excluding carboxylic acids is 1.